The number of nitrogens with two attached hydrogens (primary N) is 1. The monoisotopic (exact) mass is 354 g/mol. The Morgan fingerprint density at radius 3 is 2.67 bits per heavy atom. The fourth-order valence-corrected chi connectivity index (χ4v) is 3.36. The van der Waals surface area contributed by atoms with Crippen molar-refractivity contribution in [1.29, 1.82) is 0 Å². The van der Waals surface area contributed by atoms with Gasteiger partial charge in [0.05, 0.1) is 6.10 Å². The summed E-state index contributed by atoms with van der Waals surface area (Å²) in [7, 11) is 0. The fourth-order valence-electron chi connectivity index (χ4n) is 2.95. The summed E-state index contributed by atoms with van der Waals surface area (Å²) in [6.45, 7) is 7.18. The predicted octanol–water partition coefficient (Wildman–Crippen LogP) is 3.73. The van der Waals surface area contributed by atoms with Crippen molar-refractivity contribution >= 4 is 21.6 Å². The summed E-state index contributed by atoms with van der Waals surface area (Å²) in [5.74, 6) is 0. The first kappa shape index (κ1) is 16.8. The quantitative estimate of drug-likeness (QED) is 0.845. The molecule has 0 bridgehead atoms. The number of anilines is 1. The Morgan fingerprint density at radius 2 is 2.05 bits per heavy atom. The molecule has 21 heavy (non-hydrogen) atoms. The van der Waals surface area contributed by atoms with E-state index < -0.39 is 0 Å². The Hall–Kier alpha value is -0.580. The minimum Gasteiger partial charge on any atom is -0.378 e. The lowest BCUT2D eigenvalue weighted by atomic mass is 10.00. The van der Waals surface area contributed by atoms with Crippen LogP contribution in [0.1, 0.15) is 38.7 Å². The van der Waals surface area contributed by atoms with Crippen molar-refractivity contribution in [2.24, 2.45) is 5.73 Å². The number of nitrogens with zero attached hydrogens (tertiary/aromatic N) is 1. The lowest BCUT2D eigenvalue weighted by Crippen LogP contribution is -2.38. The molecule has 2 rings (SSSR count). The first-order valence-electron chi connectivity index (χ1n) is 8.04. The van der Waals surface area contributed by atoms with Crippen LogP contribution < -0.4 is 10.6 Å². The van der Waals surface area contributed by atoms with Crippen molar-refractivity contribution < 1.29 is 4.74 Å². The van der Waals surface area contributed by atoms with Crippen molar-refractivity contribution in [3.05, 3.63) is 28.2 Å². The van der Waals surface area contributed by atoms with Crippen molar-refractivity contribution in [1.82, 2.24) is 0 Å². The zero-order chi connectivity index (χ0) is 15.2. The van der Waals surface area contributed by atoms with E-state index in [1.807, 2.05) is 0 Å². The largest absolute Gasteiger partial charge is 0.378 e. The highest BCUT2D eigenvalue weighted by molar-refractivity contribution is 9.10. The summed E-state index contributed by atoms with van der Waals surface area (Å²) >= 11 is 3.58. The van der Waals surface area contributed by atoms with Gasteiger partial charge in [0.2, 0.25) is 0 Å². The third kappa shape index (κ3) is 4.70. The standard InChI is InChI=1S/C17H27BrN2O/c1-3-15(19)12-13-11-14(18)5-6-17(13)20-9-7-16(8-10-20)21-4-2/h5-6,11,15-16H,3-4,7-10,12,19H2,1-2H3. The van der Waals surface area contributed by atoms with E-state index in [1.165, 1.54) is 11.3 Å². The van der Waals surface area contributed by atoms with Crippen LogP contribution in [0.25, 0.3) is 0 Å². The number of rotatable bonds is 6. The molecule has 3 nitrogen and oxygen atoms in total. The van der Waals surface area contributed by atoms with Gasteiger partial charge in [0, 0.05) is 35.9 Å². The molecule has 0 spiro atoms. The highest BCUT2D eigenvalue weighted by atomic mass is 79.9. The van der Waals surface area contributed by atoms with Gasteiger partial charge in [-0.3, -0.25) is 0 Å². The van der Waals surface area contributed by atoms with E-state index in [9.17, 15) is 0 Å². The number of hydrogen-bond donors (Lipinski definition) is 1. The summed E-state index contributed by atoms with van der Waals surface area (Å²) in [5, 5.41) is 0. The molecule has 0 aromatic heterocycles. The number of benzene rings is 1. The molecule has 1 saturated heterocycles. The maximum atomic E-state index is 6.16. The Kier molecular flexibility index (Phi) is 6.52. The molecule has 1 aromatic rings. The van der Waals surface area contributed by atoms with Crippen LogP contribution in [-0.2, 0) is 11.2 Å². The SMILES string of the molecule is CCOC1CCN(c2ccc(Br)cc2CC(N)CC)CC1. The third-order valence-electron chi connectivity index (χ3n) is 4.23. The minimum atomic E-state index is 0.235. The van der Waals surface area contributed by atoms with Gasteiger partial charge >= 0.3 is 0 Å². The third-order valence-corrected chi connectivity index (χ3v) is 4.73. The van der Waals surface area contributed by atoms with E-state index in [-0.39, 0.29) is 6.04 Å². The Bertz CT molecular complexity index is 444. The lowest BCUT2D eigenvalue weighted by Gasteiger charge is -2.35. The van der Waals surface area contributed by atoms with Gasteiger partial charge in [-0.1, -0.05) is 22.9 Å². The molecule has 1 atom stereocenters. The van der Waals surface area contributed by atoms with E-state index in [0.29, 0.717) is 6.10 Å². The van der Waals surface area contributed by atoms with E-state index in [1.54, 1.807) is 0 Å². The van der Waals surface area contributed by atoms with E-state index in [2.05, 4.69) is 52.9 Å². The van der Waals surface area contributed by atoms with Crippen LogP contribution in [0, 0.1) is 0 Å². The molecule has 0 aliphatic carbocycles. The minimum absolute atomic E-state index is 0.235. The van der Waals surface area contributed by atoms with Crippen LogP contribution in [-0.4, -0.2) is 31.8 Å². The van der Waals surface area contributed by atoms with Crippen LogP contribution in [0.4, 0.5) is 5.69 Å². The maximum Gasteiger partial charge on any atom is 0.0608 e. The van der Waals surface area contributed by atoms with Gasteiger partial charge in [0.1, 0.15) is 0 Å². The predicted molar refractivity (Wildman–Crippen MR) is 93.0 cm³/mol. The second kappa shape index (κ2) is 8.16. The summed E-state index contributed by atoms with van der Waals surface area (Å²) in [5.41, 5.74) is 8.86. The summed E-state index contributed by atoms with van der Waals surface area (Å²) in [6, 6.07) is 6.81. The topological polar surface area (TPSA) is 38.5 Å². The smallest absolute Gasteiger partial charge is 0.0608 e. The molecule has 2 N–H and O–H groups in total. The molecular formula is C17H27BrN2O. The van der Waals surface area contributed by atoms with E-state index in [4.69, 9.17) is 10.5 Å². The van der Waals surface area contributed by atoms with E-state index in [0.717, 1.165) is 49.9 Å². The highest BCUT2D eigenvalue weighted by Crippen LogP contribution is 2.29. The first-order valence-corrected chi connectivity index (χ1v) is 8.83. The van der Waals surface area contributed by atoms with Gasteiger partial charge in [-0.05, 0) is 56.4 Å². The molecule has 0 saturated carbocycles. The molecule has 1 aliphatic rings. The molecule has 1 heterocycles. The van der Waals surface area contributed by atoms with E-state index >= 15 is 0 Å². The van der Waals surface area contributed by atoms with Crippen LogP contribution in [0.3, 0.4) is 0 Å². The summed E-state index contributed by atoms with van der Waals surface area (Å²) in [6.07, 6.45) is 4.62. The fraction of sp³-hybridized carbons (Fsp3) is 0.647. The zero-order valence-corrected chi connectivity index (χ0v) is 14.7. The number of hydrogen-bond acceptors (Lipinski definition) is 3. The molecule has 1 fully saturated rings. The molecule has 1 aliphatic heterocycles. The van der Waals surface area contributed by atoms with Crippen molar-refractivity contribution in [3.63, 3.8) is 0 Å². The van der Waals surface area contributed by atoms with Crippen LogP contribution in [0.15, 0.2) is 22.7 Å². The highest BCUT2D eigenvalue weighted by Gasteiger charge is 2.21. The van der Waals surface area contributed by atoms with Crippen LogP contribution in [0.2, 0.25) is 0 Å². The molecule has 0 amide bonds. The Balaban J connectivity index is 2.09. The van der Waals surface area contributed by atoms with Gasteiger partial charge < -0.3 is 15.4 Å². The van der Waals surface area contributed by atoms with Gasteiger partial charge in [-0.25, -0.2) is 0 Å². The van der Waals surface area contributed by atoms with Gasteiger partial charge in [0.15, 0.2) is 0 Å². The van der Waals surface area contributed by atoms with Crippen molar-refractivity contribution in [2.45, 2.75) is 51.7 Å². The molecular weight excluding hydrogens is 328 g/mol. The van der Waals surface area contributed by atoms with Crippen molar-refractivity contribution in [2.75, 3.05) is 24.6 Å². The van der Waals surface area contributed by atoms with Crippen LogP contribution in [0.5, 0.6) is 0 Å². The second-order valence-corrected chi connectivity index (χ2v) is 6.70. The molecule has 4 heteroatoms. The number of piperidine rings is 1. The number of ether oxygens (including phenoxy) is 1. The Labute approximate surface area is 137 Å². The molecule has 0 radical (unpaired) electrons. The Morgan fingerprint density at radius 1 is 1.33 bits per heavy atom. The zero-order valence-electron chi connectivity index (χ0n) is 13.1. The van der Waals surface area contributed by atoms with Gasteiger partial charge in [0.25, 0.3) is 0 Å². The van der Waals surface area contributed by atoms with Crippen molar-refractivity contribution in [3.8, 4) is 0 Å². The maximum absolute atomic E-state index is 6.16. The molecule has 1 aromatic carbocycles. The number of halogens is 1. The molecule has 118 valence electrons. The van der Waals surface area contributed by atoms with Gasteiger partial charge in [-0.2, -0.15) is 0 Å². The van der Waals surface area contributed by atoms with Gasteiger partial charge in [-0.15, -0.1) is 0 Å². The average Bonchev–Trinajstić information content (AvgIpc) is 2.49. The first-order chi connectivity index (χ1) is 10.1. The second-order valence-electron chi connectivity index (χ2n) is 5.79. The normalized spacial score (nSPS) is 18.0. The molecule has 1 unspecified atom stereocenters. The lowest BCUT2D eigenvalue weighted by molar-refractivity contribution is 0.0459. The summed E-state index contributed by atoms with van der Waals surface area (Å²) < 4.78 is 6.88. The average molecular weight is 355 g/mol. The summed E-state index contributed by atoms with van der Waals surface area (Å²) in [4.78, 5) is 2.49. The van der Waals surface area contributed by atoms with Crippen LogP contribution >= 0.6 is 15.9 Å².